The number of carbonyl (C=O) groups excluding carboxylic acids is 2. The summed E-state index contributed by atoms with van der Waals surface area (Å²) in [6.45, 7) is 0.0465. The van der Waals surface area contributed by atoms with Crippen molar-refractivity contribution in [3.63, 3.8) is 0 Å². The third-order valence-electron chi connectivity index (χ3n) is 3.23. The van der Waals surface area contributed by atoms with Crippen LogP contribution >= 0.6 is 0 Å². The Balaban J connectivity index is 0.000000316. The number of imide groups is 1. The van der Waals surface area contributed by atoms with Crippen LogP contribution in [0.1, 0.15) is 5.56 Å². The molecule has 1 aromatic carbocycles. The van der Waals surface area contributed by atoms with Crippen LogP contribution in [0.2, 0.25) is 0 Å². The average molecular weight is 343 g/mol. The lowest BCUT2D eigenvalue weighted by Gasteiger charge is -2.34. The maximum atomic E-state index is 11.4. The molecular formula is C17H17N3O5. The predicted molar refractivity (Wildman–Crippen MR) is 87.5 cm³/mol. The maximum absolute atomic E-state index is 11.4. The molecule has 2 aromatic rings. The first kappa shape index (κ1) is 17.9. The fourth-order valence-electron chi connectivity index (χ4n) is 1.93. The van der Waals surface area contributed by atoms with E-state index in [0.717, 1.165) is 5.56 Å². The van der Waals surface area contributed by atoms with Gasteiger partial charge in [-0.2, -0.15) is 0 Å². The summed E-state index contributed by atoms with van der Waals surface area (Å²) < 4.78 is 4.91. The zero-order valence-electron chi connectivity index (χ0n) is 13.2. The van der Waals surface area contributed by atoms with Crippen molar-refractivity contribution in [3.05, 3.63) is 66.5 Å². The van der Waals surface area contributed by atoms with Crippen LogP contribution in [0.4, 0.5) is 9.59 Å². The Morgan fingerprint density at radius 2 is 1.80 bits per heavy atom. The summed E-state index contributed by atoms with van der Waals surface area (Å²) in [6, 6.07) is 14.0. The second kappa shape index (κ2) is 9.02. The molecule has 3 rings (SSSR count). The van der Waals surface area contributed by atoms with Gasteiger partial charge in [-0.15, -0.1) is 0 Å². The molecule has 1 aliphatic rings. The predicted octanol–water partition coefficient (Wildman–Crippen LogP) is 1.88. The molecule has 0 aliphatic carbocycles. The number of hydrogen-bond acceptors (Lipinski definition) is 5. The molecule has 0 bridgehead atoms. The molecule has 0 unspecified atom stereocenters. The highest BCUT2D eigenvalue weighted by Gasteiger charge is 2.42. The minimum Gasteiger partial charge on any atom is -0.465 e. The van der Waals surface area contributed by atoms with Crippen molar-refractivity contribution in [2.24, 2.45) is 0 Å². The first-order valence-corrected chi connectivity index (χ1v) is 7.44. The molecule has 2 N–H and O–H groups in total. The molecular weight excluding hydrogens is 326 g/mol. The van der Waals surface area contributed by atoms with Crippen LogP contribution in [0.5, 0.6) is 0 Å². The second-order valence-corrected chi connectivity index (χ2v) is 5.01. The van der Waals surface area contributed by atoms with Crippen molar-refractivity contribution in [2.75, 3.05) is 6.54 Å². The molecule has 8 nitrogen and oxygen atoms in total. The normalized spacial score (nSPS) is 15.3. The van der Waals surface area contributed by atoms with Crippen LogP contribution in [-0.2, 0) is 16.1 Å². The number of nitrogens with one attached hydrogen (secondary N) is 1. The molecule has 0 radical (unpaired) electrons. The zero-order chi connectivity index (χ0) is 18.1. The molecule has 130 valence electrons. The van der Waals surface area contributed by atoms with Gasteiger partial charge < -0.3 is 15.2 Å². The van der Waals surface area contributed by atoms with Crippen LogP contribution in [0.15, 0.2) is 60.9 Å². The number of aromatic nitrogens is 1. The minimum absolute atomic E-state index is 0.0470. The molecule has 1 fully saturated rings. The zero-order valence-corrected chi connectivity index (χ0v) is 13.2. The number of amides is 3. The van der Waals surface area contributed by atoms with E-state index < -0.39 is 24.1 Å². The van der Waals surface area contributed by atoms with Gasteiger partial charge in [-0.05, 0) is 17.7 Å². The van der Waals surface area contributed by atoms with Gasteiger partial charge in [0.2, 0.25) is 0 Å². The smallest absolute Gasteiger partial charge is 0.414 e. The average Bonchev–Trinajstić information content (AvgIpc) is 2.65. The van der Waals surface area contributed by atoms with Crippen LogP contribution in [0.25, 0.3) is 0 Å². The van der Waals surface area contributed by atoms with Crippen molar-refractivity contribution in [1.29, 1.82) is 0 Å². The van der Waals surface area contributed by atoms with E-state index in [-0.39, 0.29) is 13.2 Å². The molecule has 3 amide bonds. The molecule has 1 saturated heterocycles. The number of β-lactam (4-membered cyclic amide) rings is 1. The van der Waals surface area contributed by atoms with Gasteiger partial charge in [-0.1, -0.05) is 36.4 Å². The fourth-order valence-corrected chi connectivity index (χ4v) is 1.93. The van der Waals surface area contributed by atoms with Gasteiger partial charge in [0, 0.05) is 12.4 Å². The van der Waals surface area contributed by atoms with E-state index in [1.54, 1.807) is 24.5 Å². The van der Waals surface area contributed by atoms with Crippen LogP contribution in [0.3, 0.4) is 0 Å². The first-order chi connectivity index (χ1) is 12.1. The van der Waals surface area contributed by atoms with Gasteiger partial charge in [-0.25, -0.2) is 14.5 Å². The van der Waals surface area contributed by atoms with E-state index in [1.165, 1.54) is 0 Å². The van der Waals surface area contributed by atoms with Crippen LogP contribution < -0.4 is 5.32 Å². The summed E-state index contributed by atoms with van der Waals surface area (Å²) in [4.78, 5) is 37.6. The number of alkyl carbamates (subject to hydrolysis) is 1. The van der Waals surface area contributed by atoms with Gasteiger partial charge in [0.05, 0.1) is 6.54 Å². The van der Waals surface area contributed by atoms with E-state index in [9.17, 15) is 14.4 Å². The van der Waals surface area contributed by atoms with E-state index in [4.69, 9.17) is 9.84 Å². The quantitative estimate of drug-likeness (QED) is 0.824. The molecule has 8 heteroatoms. The summed E-state index contributed by atoms with van der Waals surface area (Å²) in [5.41, 5.74) is 0.824. The van der Waals surface area contributed by atoms with E-state index in [0.29, 0.717) is 4.90 Å². The Morgan fingerprint density at radius 3 is 2.28 bits per heavy atom. The summed E-state index contributed by atoms with van der Waals surface area (Å²) in [6.07, 6.45) is 1.44. The van der Waals surface area contributed by atoms with Crippen molar-refractivity contribution >= 4 is 18.1 Å². The van der Waals surface area contributed by atoms with Crippen molar-refractivity contribution in [3.8, 4) is 0 Å². The molecule has 25 heavy (non-hydrogen) atoms. The monoisotopic (exact) mass is 343 g/mol. The standard InChI is InChI=1S/C12H12N2O5.C5H5N/c15-10-9(6-14(10)12(17)18)13-11(16)19-7-8-4-2-1-3-5-8;1-2-4-6-5-3-1/h1-5,9H,6-7H2,(H,13,16)(H,17,18);1-5H/t9-;/m0./s1. The summed E-state index contributed by atoms with van der Waals surface area (Å²) in [7, 11) is 0. The van der Waals surface area contributed by atoms with E-state index in [2.05, 4.69) is 10.3 Å². The lowest BCUT2D eigenvalue weighted by molar-refractivity contribution is -0.140. The van der Waals surface area contributed by atoms with Crippen molar-refractivity contribution < 1.29 is 24.2 Å². The van der Waals surface area contributed by atoms with Crippen molar-refractivity contribution in [2.45, 2.75) is 12.6 Å². The largest absolute Gasteiger partial charge is 0.465 e. The van der Waals surface area contributed by atoms with Crippen LogP contribution in [-0.4, -0.2) is 45.7 Å². The maximum Gasteiger partial charge on any atom is 0.414 e. The number of hydrogen-bond donors (Lipinski definition) is 2. The Labute approximate surface area is 144 Å². The molecule has 0 spiro atoms. The van der Waals surface area contributed by atoms with Gasteiger partial charge in [0.15, 0.2) is 0 Å². The third-order valence-corrected chi connectivity index (χ3v) is 3.23. The SMILES string of the molecule is O=C(N[C@H]1CN(C(=O)O)C1=O)OCc1ccccc1.c1ccncc1. The Kier molecular flexibility index (Phi) is 6.47. The van der Waals surface area contributed by atoms with Gasteiger partial charge in [0.1, 0.15) is 12.6 Å². The molecule has 1 atom stereocenters. The number of pyridine rings is 1. The molecule has 2 heterocycles. The molecule has 0 saturated carbocycles. The van der Waals surface area contributed by atoms with Crippen molar-refractivity contribution in [1.82, 2.24) is 15.2 Å². The lowest BCUT2D eigenvalue weighted by Crippen LogP contribution is -2.65. The fraction of sp³-hybridized carbons (Fsp3) is 0.176. The third kappa shape index (κ3) is 5.61. The molecule has 1 aromatic heterocycles. The van der Waals surface area contributed by atoms with E-state index in [1.807, 2.05) is 36.4 Å². The van der Waals surface area contributed by atoms with Gasteiger partial charge in [0.25, 0.3) is 5.91 Å². The molecule has 1 aliphatic heterocycles. The highest BCUT2D eigenvalue weighted by atomic mass is 16.5. The van der Waals surface area contributed by atoms with Gasteiger partial charge in [-0.3, -0.25) is 9.78 Å². The second-order valence-electron chi connectivity index (χ2n) is 5.01. The Bertz CT molecular complexity index is 682. The highest BCUT2D eigenvalue weighted by Crippen LogP contribution is 2.10. The minimum atomic E-state index is -1.32. The number of nitrogens with zero attached hydrogens (tertiary/aromatic N) is 2. The summed E-state index contributed by atoms with van der Waals surface area (Å²) in [5.74, 6) is -0.649. The lowest BCUT2D eigenvalue weighted by atomic mass is 10.1. The summed E-state index contributed by atoms with van der Waals surface area (Å²) in [5, 5.41) is 10.9. The Morgan fingerprint density at radius 1 is 1.16 bits per heavy atom. The number of benzene rings is 1. The number of ether oxygens (including phenoxy) is 1. The van der Waals surface area contributed by atoms with Gasteiger partial charge >= 0.3 is 12.2 Å². The number of likely N-dealkylation sites (tertiary alicyclic amines) is 1. The topological polar surface area (TPSA) is 109 Å². The first-order valence-electron chi connectivity index (χ1n) is 7.44. The highest BCUT2D eigenvalue weighted by molar-refractivity contribution is 6.01. The number of carbonyl (C=O) groups is 3. The van der Waals surface area contributed by atoms with E-state index >= 15 is 0 Å². The Hall–Kier alpha value is -3.42. The number of carboxylic acid groups (broad SMARTS) is 1. The number of rotatable bonds is 3. The van der Waals surface area contributed by atoms with Crippen LogP contribution in [0, 0.1) is 0 Å². The summed E-state index contributed by atoms with van der Waals surface area (Å²) >= 11 is 0.